The summed E-state index contributed by atoms with van der Waals surface area (Å²) in [5, 5.41) is 1.09. The Morgan fingerprint density at radius 3 is 2.75 bits per heavy atom. The molecule has 1 saturated heterocycles. The van der Waals surface area contributed by atoms with Crippen LogP contribution in [-0.4, -0.2) is 58.2 Å². The molecule has 2 aliphatic heterocycles. The maximum absolute atomic E-state index is 13.2. The topological polar surface area (TPSA) is 63.5 Å². The van der Waals surface area contributed by atoms with Gasteiger partial charge in [0.1, 0.15) is 17.8 Å². The third-order valence-corrected chi connectivity index (χ3v) is 5.75. The average molecular weight is 377 g/mol. The van der Waals surface area contributed by atoms with Crippen LogP contribution in [0, 0.1) is 0 Å². The van der Waals surface area contributed by atoms with Crippen molar-refractivity contribution in [2.75, 3.05) is 37.7 Å². The summed E-state index contributed by atoms with van der Waals surface area (Å²) in [6.07, 6.45) is 2.40. The number of para-hydroxylation sites is 1. The lowest BCUT2D eigenvalue weighted by Gasteiger charge is -2.33. The Bertz CT molecular complexity index is 1040. The molecular weight excluding hydrogens is 354 g/mol. The molecule has 7 nitrogen and oxygen atoms in total. The highest BCUT2D eigenvalue weighted by atomic mass is 16.5. The molecule has 0 saturated carbocycles. The highest BCUT2D eigenvalue weighted by Crippen LogP contribution is 2.27. The van der Waals surface area contributed by atoms with E-state index in [-0.39, 0.29) is 5.91 Å². The number of nitrogens with zero attached hydrogens (tertiary/aromatic N) is 5. The third kappa shape index (κ3) is 2.82. The van der Waals surface area contributed by atoms with Crippen molar-refractivity contribution in [3.05, 3.63) is 53.6 Å². The van der Waals surface area contributed by atoms with E-state index in [9.17, 15) is 4.79 Å². The van der Waals surface area contributed by atoms with Gasteiger partial charge in [-0.1, -0.05) is 18.2 Å². The fourth-order valence-corrected chi connectivity index (χ4v) is 4.21. The van der Waals surface area contributed by atoms with Crippen LogP contribution in [0.3, 0.4) is 0 Å². The second-order valence-corrected chi connectivity index (χ2v) is 7.35. The van der Waals surface area contributed by atoms with Crippen LogP contribution >= 0.6 is 0 Å². The summed E-state index contributed by atoms with van der Waals surface area (Å²) in [6, 6.07) is 10.1. The minimum atomic E-state index is 0.0517. The number of carbonyl (C=O) groups excluding carboxylic acids is 1. The van der Waals surface area contributed by atoms with Crippen LogP contribution in [0.2, 0.25) is 0 Å². The normalized spacial score (nSPS) is 17.0. The lowest BCUT2D eigenvalue weighted by atomic mass is 10.0. The van der Waals surface area contributed by atoms with E-state index in [2.05, 4.69) is 14.9 Å². The van der Waals surface area contributed by atoms with E-state index in [1.165, 1.54) is 5.56 Å². The molecule has 0 aliphatic carbocycles. The summed E-state index contributed by atoms with van der Waals surface area (Å²) >= 11 is 0. The van der Waals surface area contributed by atoms with Crippen LogP contribution in [0.5, 0.6) is 0 Å². The molecule has 5 rings (SSSR count). The number of hydrogen-bond acceptors (Lipinski definition) is 5. The molecule has 1 fully saturated rings. The average Bonchev–Trinajstić information content (AvgIpc) is 3.10. The molecule has 2 aliphatic rings. The number of rotatable bonds is 2. The van der Waals surface area contributed by atoms with E-state index in [0.29, 0.717) is 18.8 Å². The van der Waals surface area contributed by atoms with Crippen molar-refractivity contribution in [2.45, 2.75) is 13.0 Å². The number of aryl methyl sites for hydroxylation is 1. The molecular formula is C21H23N5O2. The Hall–Kier alpha value is -2.93. The number of fused-ring (bicyclic) bond motifs is 2. The number of ether oxygens (including phenoxy) is 1. The fourth-order valence-electron chi connectivity index (χ4n) is 4.21. The van der Waals surface area contributed by atoms with Gasteiger partial charge in [0.15, 0.2) is 0 Å². The number of carbonyl (C=O) groups is 1. The Morgan fingerprint density at radius 2 is 1.93 bits per heavy atom. The van der Waals surface area contributed by atoms with Crippen LogP contribution in [-0.2, 0) is 24.8 Å². The molecule has 1 aromatic carbocycles. The highest BCUT2D eigenvalue weighted by Gasteiger charge is 2.28. The predicted molar refractivity (Wildman–Crippen MR) is 106 cm³/mol. The van der Waals surface area contributed by atoms with E-state index < -0.39 is 0 Å². The third-order valence-electron chi connectivity index (χ3n) is 5.75. The number of hydrogen-bond donors (Lipinski definition) is 0. The van der Waals surface area contributed by atoms with Crippen molar-refractivity contribution < 1.29 is 9.53 Å². The lowest BCUT2D eigenvalue weighted by molar-refractivity contribution is 0.0722. The molecule has 2 aromatic heterocycles. The van der Waals surface area contributed by atoms with Crippen LogP contribution in [0.25, 0.3) is 10.9 Å². The first-order chi connectivity index (χ1) is 13.7. The summed E-state index contributed by atoms with van der Waals surface area (Å²) in [5.74, 6) is 1.06. The zero-order chi connectivity index (χ0) is 19.1. The van der Waals surface area contributed by atoms with Crippen LogP contribution in [0.1, 0.15) is 21.7 Å². The maximum atomic E-state index is 13.2. The van der Waals surface area contributed by atoms with E-state index >= 15 is 0 Å². The van der Waals surface area contributed by atoms with Gasteiger partial charge in [-0.2, -0.15) is 0 Å². The number of benzene rings is 1. The van der Waals surface area contributed by atoms with Crippen LogP contribution < -0.4 is 4.90 Å². The highest BCUT2D eigenvalue weighted by molar-refractivity contribution is 5.98. The molecule has 3 aromatic rings. The predicted octanol–water partition coefficient (Wildman–Crippen LogP) is 2.00. The second-order valence-electron chi connectivity index (χ2n) is 7.35. The molecule has 28 heavy (non-hydrogen) atoms. The van der Waals surface area contributed by atoms with E-state index in [1.54, 1.807) is 6.33 Å². The van der Waals surface area contributed by atoms with Crippen molar-refractivity contribution in [1.29, 1.82) is 0 Å². The van der Waals surface area contributed by atoms with E-state index in [0.717, 1.165) is 55.1 Å². The van der Waals surface area contributed by atoms with Gasteiger partial charge in [-0.15, -0.1) is 0 Å². The van der Waals surface area contributed by atoms with Gasteiger partial charge in [-0.25, -0.2) is 9.97 Å². The maximum Gasteiger partial charge on any atom is 0.270 e. The molecule has 0 unspecified atom stereocenters. The largest absolute Gasteiger partial charge is 0.378 e. The van der Waals surface area contributed by atoms with E-state index in [1.807, 2.05) is 46.8 Å². The number of anilines is 1. The molecule has 144 valence electrons. The van der Waals surface area contributed by atoms with Crippen LogP contribution in [0.15, 0.2) is 36.7 Å². The Balaban J connectivity index is 1.42. The Morgan fingerprint density at radius 1 is 1.11 bits per heavy atom. The van der Waals surface area contributed by atoms with Gasteiger partial charge >= 0.3 is 0 Å². The first-order valence-corrected chi connectivity index (χ1v) is 9.71. The van der Waals surface area contributed by atoms with Crippen LogP contribution in [0.4, 0.5) is 5.82 Å². The first kappa shape index (κ1) is 17.2. The molecule has 4 heterocycles. The minimum Gasteiger partial charge on any atom is -0.378 e. The van der Waals surface area contributed by atoms with Crippen molar-refractivity contribution in [1.82, 2.24) is 19.4 Å². The number of amides is 1. The van der Waals surface area contributed by atoms with Gasteiger partial charge in [0, 0.05) is 43.1 Å². The standard InChI is InChI=1S/C21H23N5O2/c1-24-18-5-3-2-4-15(18)12-19(24)21(27)26-7-6-16-17(13-26)22-14-23-20(16)25-8-10-28-11-9-25/h2-5,12,14H,6-11,13H2,1H3. The van der Waals surface area contributed by atoms with Crippen molar-refractivity contribution in [3.63, 3.8) is 0 Å². The Kier molecular flexibility index (Phi) is 4.24. The quantitative estimate of drug-likeness (QED) is 0.684. The molecule has 0 N–H and O–H groups in total. The number of morpholine rings is 1. The minimum absolute atomic E-state index is 0.0517. The summed E-state index contributed by atoms with van der Waals surface area (Å²) in [4.78, 5) is 26.4. The van der Waals surface area contributed by atoms with Gasteiger partial charge in [0.05, 0.1) is 25.5 Å². The molecule has 0 bridgehead atoms. The molecule has 7 heteroatoms. The molecule has 1 amide bonds. The molecule has 0 spiro atoms. The fraction of sp³-hybridized carbons (Fsp3) is 0.381. The Labute approximate surface area is 163 Å². The summed E-state index contributed by atoms with van der Waals surface area (Å²) in [6.45, 7) is 4.35. The van der Waals surface area contributed by atoms with Gasteiger partial charge < -0.3 is 19.1 Å². The SMILES string of the molecule is Cn1c(C(=O)N2CCc3c(ncnc3N3CCOCC3)C2)cc2ccccc21. The summed E-state index contributed by atoms with van der Waals surface area (Å²) < 4.78 is 7.44. The van der Waals surface area contributed by atoms with Crippen molar-refractivity contribution in [2.24, 2.45) is 7.05 Å². The molecule has 0 atom stereocenters. The summed E-state index contributed by atoms with van der Waals surface area (Å²) in [7, 11) is 1.95. The van der Waals surface area contributed by atoms with Crippen molar-refractivity contribution >= 4 is 22.6 Å². The second kappa shape index (κ2) is 6.91. The van der Waals surface area contributed by atoms with Gasteiger partial charge in [-0.05, 0) is 18.6 Å². The molecule has 0 radical (unpaired) electrons. The number of aromatic nitrogens is 3. The monoisotopic (exact) mass is 377 g/mol. The zero-order valence-electron chi connectivity index (χ0n) is 16.0. The van der Waals surface area contributed by atoms with Crippen molar-refractivity contribution in [3.8, 4) is 0 Å². The van der Waals surface area contributed by atoms with Gasteiger partial charge in [0.25, 0.3) is 5.91 Å². The first-order valence-electron chi connectivity index (χ1n) is 9.71. The van der Waals surface area contributed by atoms with Gasteiger partial charge in [-0.3, -0.25) is 4.79 Å². The zero-order valence-corrected chi connectivity index (χ0v) is 16.0. The van der Waals surface area contributed by atoms with E-state index in [4.69, 9.17) is 4.74 Å². The van der Waals surface area contributed by atoms with Gasteiger partial charge in [0.2, 0.25) is 0 Å². The summed E-state index contributed by atoms with van der Waals surface area (Å²) in [5.41, 5.74) is 3.91. The lowest BCUT2D eigenvalue weighted by Crippen LogP contribution is -2.41. The smallest absolute Gasteiger partial charge is 0.270 e.